The molecule has 0 spiro atoms. The lowest BCUT2D eigenvalue weighted by Crippen LogP contribution is -2.48. The first-order chi connectivity index (χ1) is 9.20. The normalized spacial score (nSPS) is 16.6. The quantitative estimate of drug-likeness (QED) is 0.494. The van der Waals surface area contributed by atoms with Crippen LogP contribution in [0.5, 0.6) is 0 Å². The van der Waals surface area contributed by atoms with Gasteiger partial charge in [0.25, 0.3) is 0 Å². The second kappa shape index (κ2) is 6.57. The van der Waals surface area contributed by atoms with E-state index in [0.29, 0.717) is 5.84 Å². The van der Waals surface area contributed by atoms with Crippen molar-refractivity contribution in [3.05, 3.63) is 29.8 Å². The fraction of sp³-hybridized carbons (Fsp3) is 0.533. The maximum Gasteiger partial charge on any atom is 0.128 e. The van der Waals surface area contributed by atoms with Gasteiger partial charge in [-0.15, -0.1) is 0 Å². The first kappa shape index (κ1) is 13.9. The molecule has 0 amide bonds. The minimum Gasteiger partial charge on any atom is -0.399 e. The first-order valence-electron chi connectivity index (χ1n) is 7.12. The second-order valence-corrected chi connectivity index (χ2v) is 5.16. The lowest BCUT2D eigenvalue weighted by molar-refractivity contribution is 0.180. The maximum atomic E-state index is 8.28. The van der Waals surface area contributed by atoms with Crippen LogP contribution in [0.3, 0.4) is 0 Å². The van der Waals surface area contributed by atoms with Crippen molar-refractivity contribution >= 4 is 11.5 Å². The number of nitrogens with zero attached hydrogens (tertiary/aromatic N) is 2. The fourth-order valence-corrected chi connectivity index (χ4v) is 2.45. The van der Waals surface area contributed by atoms with Crippen LogP contribution in [0.2, 0.25) is 0 Å². The molecule has 0 unspecified atom stereocenters. The number of benzene rings is 1. The Balaban J connectivity index is 1.89. The largest absolute Gasteiger partial charge is 0.399 e. The van der Waals surface area contributed by atoms with Crippen molar-refractivity contribution < 1.29 is 0 Å². The smallest absolute Gasteiger partial charge is 0.128 e. The van der Waals surface area contributed by atoms with Crippen molar-refractivity contribution in [2.45, 2.75) is 19.8 Å². The van der Waals surface area contributed by atoms with Crippen molar-refractivity contribution in [2.75, 3.05) is 38.5 Å². The summed E-state index contributed by atoms with van der Waals surface area (Å²) in [5, 5.41) is 8.28. The van der Waals surface area contributed by atoms with Gasteiger partial charge < -0.3 is 10.6 Å². The van der Waals surface area contributed by atoms with E-state index < -0.39 is 0 Å². The third kappa shape index (κ3) is 3.70. The third-order valence-electron chi connectivity index (χ3n) is 3.68. The van der Waals surface area contributed by atoms with Crippen LogP contribution in [-0.4, -0.2) is 48.4 Å². The standard InChI is InChI=1S/C15H24N4/c1-2-3-7-18-8-10-19(11-9-18)15(17)13-5-4-6-14(16)12-13/h4-6,12,17H,2-3,7-11,16H2,1H3. The van der Waals surface area contributed by atoms with E-state index in [0.717, 1.165) is 37.4 Å². The van der Waals surface area contributed by atoms with Crippen molar-refractivity contribution in [1.82, 2.24) is 9.80 Å². The molecule has 4 nitrogen and oxygen atoms in total. The average molecular weight is 260 g/mol. The zero-order chi connectivity index (χ0) is 13.7. The predicted octanol–water partition coefficient (Wildman–Crippen LogP) is 2.01. The molecule has 1 fully saturated rings. The lowest BCUT2D eigenvalue weighted by Gasteiger charge is -2.36. The summed E-state index contributed by atoms with van der Waals surface area (Å²) >= 11 is 0. The van der Waals surface area contributed by atoms with Gasteiger partial charge >= 0.3 is 0 Å². The number of unbranched alkanes of at least 4 members (excludes halogenated alkanes) is 1. The van der Waals surface area contributed by atoms with Gasteiger partial charge in [-0.25, -0.2) is 0 Å². The summed E-state index contributed by atoms with van der Waals surface area (Å²) in [6, 6.07) is 7.62. The van der Waals surface area contributed by atoms with Crippen LogP contribution in [0.4, 0.5) is 5.69 Å². The summed E-state index contributed by atoms with van der Waals surface area (Å²) in [5.41, 5.74) is 7.42. The van der Waals surface area contributed by atoms with E-state index >= 15 is 0 Å². The highest BCUT2D eigenvalue weighted by molar-refractivity contribution is 5.97. The Morgan fingerprint density at radius 3 is 2.63 bits per heavy atom. The van der Waals surface area contributed by atoms with Gasteiger partial charge in [-0.2, -0.15) is 0 Å². The fourth-order valence-electron chi connectivity index (χ4n) is 2.45. The Hall–Kier alpha value is -1.55. The number of piperazine rings is 1. The van der Waals surface area contributed by atoms with E-state index in [1.165, 1.54) is 19.4 Å². The molecule has 0 bridgehead atoms. The van der Waals surface area contributed by atoms with Gasteiger partial charge in [-0.3, -0.25) is 10.3 Å². The summed E-state index contributed by atoms with van der Waals surface area (Å²) in [5.74, 6) is 0.599. The SMILES string of the molecule is CCCCN1CCN(C(=N)c2cccc(N)c2)CC1. The van der Waals surface area contributed by atoms with Gasteiger partial charge in [0, 0.05) is 37.4 Å². The molecule has 0 radical (unpaired) electrons. The second-order valence-electron chi connectivity index (χ2n) is 5.16. The zero-order valence-corrected chi connectivity index (χ0v) is 11.7. The van der Waals surface area contributed by atoms with E-state index in [1.54, 1.807) is 0 Å². The monoisotopic (exact) mass is 260 g/mol. The molecule has 2 rings (SSSR count). The minimum atomic E-state index is 0.599. The summed E-state index contributed by atoms with van der Waals surface area (Å²) in [7, 11) is 0. The Morgan fingerprint density at radius 1 is 1.26 bits per heavy atom. The summed E-state index contributed by atoms with van der Waals surface area (Å²) < 4.78 is 0. The summed E-state index contributed by atoms with van der Waals surface area (Å²) in [6.45, 7) is 7.42. The Labute approximate surface area is 115 Å². The average Bonchev–Trinajstić information content (AvgIpc) is 2.45. The van der Waals surface area contributed by atoms with E-state index in [-0.39, 0.29) is 0 Å². The molecule has 104 valence electrons. The molecule has 1 aromatic rings. The number of amidine groups is 1. The first-order valence-corrected chi connectivity index (χ1v) is 7.12. The molecule has 4 heteroatoms. The Morgan fingerprint density at radius 2 is 2.00 bits per heavy atom. The van der Waals surface area contributed by atoms with Gasteiger partial charge in [0.2, 0.25) is 0 Å². The van der Waals surface area contributed by atoms with Crippen molar-refractivity contribution in [2.24, 2.45) is 0 Å². The van der Waals surface area contributed by atoms with E-state index in [1.807, 2.05) is 24.3 Å². The van der Waals surface area contributed by atoms with Crippen LogP contribution < -0.4 is 5.73 Å². The van der Waals surface area contributed by atoms with Gasteiger partial charge in [-0.05, 0) is 25.1 Å². The van der Waals surface area contributed by atoms with Gasteiger partial charge in [0.05, 0.1) is 0 Å². The number of hydrogen-bond acceptors (Lipinski definition) is 3. The molecule has 3 N–H and O–H groups in total. The molecule has 0 atom stereocenters. The molecule has 1 aliphatic heterocycles. The van der Waals surface area contributed by atoms with Crippen LogP contribution in [-0.2, 0) is 0 Å². The van der Waals surface area contributed by atoms with Gasteiger partial charge in [-0.1, -0.05) is 25.5 Å². The molecule has 1 heterocycles. The molecule has 1 aliphatic rings. The number of anilines is 1. The molecule has 1 aromatic carbocycles. The minimum absolute atomic E-state index is 0.599. The van der Waals surface area contributed by atoms with E-state index in [4.69, 9.17) is 11.1 Å². The van der Waals surface area contributed by atoms with Gasteiger partial charge in [0.1, 0.15) is 5.84 Å². The highest BCUT2D eigenvalue weighted by Crippen LogP contribution is 2.12. The molecular formula is C15H24N4. The van der Waals surface area contributed by atoms with E-state index in [2.05, 4.69) is 16.7 Å². The van der Waals surface area contributed by atoms with Crippen molar-refractivity contribution in [3.63, 3.8) is 0 Å². The number of rotatable bonds is 4. The maximum absolute atomic E-state index is 8.28. The van der Waals surface area contributed by atoms with Crippen LogP contribution >= 0.6 is 0 Å². The third-order valence-corrected chi connectivity index (χ3v) is 3.68. The number of hydrogen-bond donors (Lipinski definition) is 2. The van der Waals surface area contributed by atoms with E-state index in [9.17, 15) is 0 Å². The van der Waals surface area contributed by atoms with Crippen LogP contribution in [0.1, 0.15) is 25.3 Å². The molecule has 19 heavy (non-hydrogen) atoms. The molecule has 0 saturated carbocycles. The van der Waals surface area contributed by atoms with Crippen molar-refractivity contribution in [3.8, 4) is 0 Å². The molecule has 0 aliphatic carbocycles. The van der Waals surface area contributed by atoms with Gasteiger partial charge in [0.15, 0.2) is 0 Å². The summed E-state index contributed by atoms with van der Waals surface area (Å²) in [4.78, 5) is 4.64. The molecule has 1 saturated heterocycles. The molecule has 0 aromatic heterocycles. The van der Waals surface area contributed by atoms with Crippen LogP contribution in [0, 0.1) is 5.41 Å². The Kier molecular flexibility index (Phi) is 4.80. The highest BCUT2D eigenvalue weighted by atomic mass is 15.3. The Bertz CT molecular complexity index is 422. The predicted molar refractivity (Wildman–Crippen MR) is 80.6 cm³/mol. The van der Waals surface area contributed by atoms with Crippen molar-refractivity contribution in [1.29, 1.82) is 5.41 Å². The zero-order valence-electron chi connectivity index (χ0n) is 11.7. The highest BCUT2D eigenvalue weighted by Gasteiger charge is 2.19. The molecular weight excluding hydrogens is 236 g/mol. The van der Waals surface area contributed by atoms with Crippen LogP contribution in [0.15, 0.2) is 24.3 Å². The summed E-state index contributed by atoms with van der Waals surface area (Å²) in [6.07, 6.45) is 2.52. The lowest BCUT2D eigenvalue weighted by atomic mass is 10.1. The number of nitrogens with two attached hydrogens (primary N) is 1. The number of nitrogens with one attached hydrogen (secondary N) is 1. The topological polar surface area (TPSA) is 56.4 Å². The van der Waals surface area contributed by atoms with Crippen LogP contribution in [0.25, 0.3) is 0 Å². The number of nitrogen functional groups attached to an aromatic ring is 1.